The molecule has 2 aromatic rings. The monoisotopic (exact) mass is 307 g/mol. The van der Waals surface area contributed by atoms with E-state index in [0.717, 1.165) is 5.56 Å². The van der Waals surface area contributed by atoms with Crippen molar-refractivity contribution in [1.29, 1.82) is 0 Å². The van der Waals surface area contributed by atoms with Crippen LogP contribution in [0.4, 0.5) is 5.69 Å². The van der Waals surface area contributed by atoms with Gasteiger partial charge in [-0.15, -0.1) is 0 Å². The number of para-hydroxylation sites is 2. The van der Waals surface area contributed by atoms with Crippen LogP contribution < -0.4 is 15.2 Å². The van der Waals surface area contributed by atoms with Gasteiger partial charge in [-0.1, -0.05) is 12.1 Å². The van der Waals surface area contributed by atoms with Crippen molar-refractivity contribution in [2.24, 2.45) is 0 Å². The second-order valence-corrected chi connectivity index (χ2v) is 6.31. The lowest BCUT2D eigenvalue weighted by molar-refractivity contribution is 0.342. The summed E-state index contributed by atoms with van der Waals surface area (Å²) in [6.07, 6.45) is 3.23. The molecular weight excluding hydrogens is 290 g/mol. The van der Waals surface area contributed by atoms with E-state index >= 15 is 0 Å². The first-order valence-corrected chi connectivity index (χ1v) is 8.05. The Balaban J connectivity index is 1.80. The summed E-state index contributed by atoms with van der Waals surface area (Å²) in [6, 6.07) is 10.5. The average molecular weight is 307 g/mol. The Morgan fingerprint density at radius 1 is 1.14 bits per heavy atom. The molecule has 0 aliphatic rings. The standard InChI is InChI=1S/C14H17N3O3S/c15-13-3-1-2-4-14(13)20-9-10-21(18,19)17-11-12-5-7-16-8-6-12/h1-8,17H,9-11,15H2. The minimum atomic E-state index is -3.40. The number of benzene rings is 1. The van der Waals surface area contributed by atoms with Crippen LogP contribution in [0.5, 0.6) is 5.75 Å². The molecule has 0 spiro atoms. The van der Waals surface area contributed by atoms with Crippen molar-refractivity contribution < 1.29 is 13.2 Å². The van der Waals surface area contributed by atoms with Crippen LogP contribution in [0.15, 0.2) is 48.8 Å². The van der Waals surface area contributed by atoms with E-state index in [1.54, 1.807) is 48.8 Å². The maximum atomic E-state index is 11.8. The summed E-state index contributed by atoms with van der Waals surface area (Å²) in [4.78, 5) is 3.87. The zero-order valence-electron chi connectivity index (χ0n) is 11.4. The third-order valence-electron chi connectivity index (χ3n) is 2.77. The van der Waals surface area contributed by atoms with E-state index in [-0.39, 0.29) is 18.9 Å². The van der Waals surface area contributed by atoms with E-state index in [1.807, 2.05) is 0 Å². The summed E-state index contributed by atoms with van der Waals surface area (Å²) in [6.45, 7) is 0.276. The van der Waals surface area contributed by atoms with Crippen molar-refractivity contribution in [3.8, 4) is 5.75 Å². The highest BCUT2D eigenvalue weighted by Gasteiger charge is 2.10. The minimum Gasteiger partial charge on any atom is -0.490 e. The van der Waals surface area contributed by atoms with E-state index in [2.05, 4.69) is 9.71 Å². The third-order valence-corrected chi connectivity index (χ3v) is 4.06. The van der Waals surface area contributed by atoms with Crippen molar-refractivity contribution in [1.82, 2.24) is 9.71 Å². The molecule has 112 valence electrons. The van der Waals surface area contributed by atoms with Gasteiger partial charge in [0.05, 0.1) is 11.4 Å². The van der Waals surface area contributed by atoms with Crippen LogP contribution in [0, 0.1) is 0 Å². The lowest BCUT2D eigenvalue weighted by atomic mass is 10.3. The molecule has 7 heteroatoms. The molecule has 0 amide bonds. The normalized spacial score (nSPS) is 11.2. The Hall–Kier alpha value is -2.12. The molecule has 0 unspecified atom stereocenters. The minimum absolute atomic E-state index is 0.0416. The summed E-state index contributed by atoms with van der Waals surface area (Å²) in [5, 5.41) is 0. The molecule has 0 saturated carbocycles. The van der Waals surface area contributed by atoms with E-state index in [0.29, 0.717) is 11.4 Å². The third kappa shape index (κ3) is 5.05. The van der Waals surface area contributed by atoms with Crippen molar-refractivity contribution in [2.45, 2.75) is 6.54 Å². The van der Waals surface area contributed by atoms with Crippen LogP contribution in [0.2, 0.25) is 0 Å². The topological polar surface area (TPSA) is 94.3 Å². The molecule has 3 N–H and O–H groups in total. The Bertz CT molecular complexity index is 675. The van der Waals surface area contributed by atoms with E-state index < -0.39 is 10.0 Å². The Kier molecular flexibility index (Phi) is 5.13. The molecule has 0 radical (unpaired) electrons. The predicted molar refractivity (Wildman–Crippen MR) is 81.2 cm³/mol. The summed E-state index contributed by atoms with van der Waals surface area (Å²) in [5.41, 5.74) is 7.04. The number of nitrogens with zero attached hydrogens (tertiary/aromatic N) is 1. The number of nitrogens with one attached hydrogen (secondary N) is 1. The average Bonchev–Trinajstić information content (AvgIpc) is 2.48. The molecule has 1 aromatic carbocycles. The van der Waals surface area contributed by atoms with Gasteiger partial charge in [0, 0.05) is 18.9 Å². The number of nitrogens with two attached hydrogens (primary N) is 1. The first-order chi connectivity index (χ1) is 10.1. The van der Waals surface area contributed by atoms with Gasteiger partial charge in [0.2, 0.25) is 10.0 Å². The summed E-state index contributed by atoms with van der Waals surface area (Å²) >= 11 is 0. The number of anilines is 1. The highest BCUT2D eigenvalue weighted by atomic mass is 32.2. The molecule has 1 heterocycles. The van der Waals surface area contributed by atoms with Gasteiger partial charge in [0.15, 0.2) is 0 Å². The van der Waals surface area contributed by atoms with Gasteiger partial charge >= 0.3 is 0 Å². The molecule has 21 heavy (non-hydrogen) atoms. The quantitative estimate of drug-likeness (QED) is 0.749. The zero-order chi connectivity index (χ0) is 15.1. The lowest BCUT2D eigenvalue weighted by Gasteiger charge is -2.10. The highest BCUT2D eigenvalue weighted by molar-refractivity contribution is 7.89. The van der Waals surface area contributed by atoms with Crippen LogP contribution in [-0.2, 0) is 16.6 Å². The van der Waals surface area contributed by atoms with Crippen LogP contribution in [0.25, 0.3) is 0 Å². The fourth-order valence-corrected chi connectivity index (χ4v) is 2.47. The van der Waals surface area contributed by atoms with Gasteiger partial charge in [-0.25, -0.2) is 13.1 Å². The number of pyridine rings is 1. The molecule has 0 bridgehead atoms. The van der Waals surface area contributed by atoms with Gasteiger partial charge < -0.3 is 10.5 Å². The van der Waals surface area contributed by atoms with Crippen LogP contribution in [0.3, 0.4) is 0 Å². The van der Waals surface area contributed by atoms with Gasteiger partial charge in [-0.2, -0.15) is 0 Å². The first kappa shape index (κ1) is 15.3. The summed E-state index contributed by atoms with van der Waals surface area (Å²) < 4.78 is 31.6. The molecule has 0 aliphatic heterocycles. The van der Waals surface area contributed by atoms with Crippen LogP contribution in [-0.4, -0.2) is 25.8 Å². The second kappa shape index (κ2) is 7.05. The summed E-state index contributed by atoms with van der Waals surface area (Å²) in [7, 11) is -3.40. The number of ether oxygens (including phenoxy) is 1. The largest absolute Gasteiger partial charge is 0.490 e. The second-order valence-electron chi connectivity index (χ2n) is 4.38. The molecule has 0 atom stereocenters. The van der Waals surface area contributed by atoms with E-state index in [9.17, 15) is 8.42 Å². The zero-order valence-corrected chi connectivity index (χ0v) is 12.2. The van der Waals surface area contributed by atoms with E-state index in [1.165, 1.54) is 0 Å². The van der Waals surface area contributed by atoms with Crippen LogP contribution in [0.1, 0.15) is 5.56 Å². The molecule has 2 rings (SSSR count). The van der Waals surface area contributed by atoms with Gasteiger partial charge in [0.1, 0.15) is 12.4 Å². The smallest absolute Gasteiger partial charge is 0.215 e. The van der Waals surface area contributed by atoms with Crippen molar-refractivity contribution in [2.75, 3.05) is 18.1 Å². The Morgan fingerprint density at radius 3 is 2.57 bits per heavy atom. The maximum Gasteiger partial charge on any atom is 0.215 e. The molecule has 0 aliphatic carbocycles. The van der Waals surface area contributed by atoms with Crippen molar-refractivity contribution in [3.63, 3.8) is 0 Å². The van der Waals surface area contributed by atoms with Crippen molar-refractivity contribution in [3.05, 3.63) is 54.4 Å². The fraction of sp³-hybridized carbons (Fsp3) is 0.214. The lowest BCUT2D eigenvalue weighted by Crippen LogP contribution is -2.28. The van der Waals surface area contributed by atoms with Crippen molar-refractivity contribution >= 4 is 15.7 Å². The number of hydrogen-bond donors (Lipinski definition) is 2. The highest BCUT2D eigenvalue weighted by Crippen LogP contribution is 2.19. The number of sulfonamides is 1. The maximum absolute atomic E-state index is 11.8. The predicted octanol–water partition coefficient (Wildman–Crippen LogP) is 1.16. The van der Waals surface area contributed by atoms with Gasteiger partial charge in [-0.05, 0) is 29.8 Å². The molecule has 6 nitrogen and oxygen atoms in total. The molecule has 0 fully saturated rings. The number of rotatable bonds is 7. The van der Waals surface area contributed by atoms with Gasteiger partial charge in [0.25, 0.3) is 0 Å². The van der Waals surface area contributed by atoms with E-state index in [4.69, 9.17) is 10.5 Å². The number of hydrogen-bond acceptors (Lipinski definition) is 5. The number of aromatic nitrogens is 1. The fourth-order valence-electron chi connectivity index (χ4n) is 1.64. The van der Waals surface area contributed by atoms with Crippen LogP contribution >= 0.6 is 0 Å². The number of nitrogen functional groups attached to an aromatic ring is 1. The molecule has 1 aromatic heterocycles. The first-order valence-electron chi connectivity index (χ1n) is 6.40. The molecular formula is C14H17N3O3S. The summed E-state index contributed by atoms with van der Waals surface area (Å²) in [5.74, 6) is 0.355. The SMILES string of the molecule is Nc1ccccc1OCCS(=O)(=O)NCc1ccncc1. The molecule has 0 saturated heterocycles. The Morgan fingerprint density at radius 2 is 1.86 bits per heavy atom. The Labute approximate surface area is 124 Å². The van der Waals surface area contributed by atoms with Gasteiger partial charge in [-0.3, -0.25) is 4.98 Å².